The minimum absolute atomic E-state index is 0.175. The van der Waals surface area contributed by atoms with Gasteiger partial charge in [-0.05, 0) is 56.1 Å². The van der Waals surface area contributed by atoms with E-state index in [0.717, 1.165) is 35.4 Å². The average molecular weight is 467 g/mol. The van der Waals surface area contributed by atoms with Crippen LogP contribution in [0, 0.1) is 12.8 Å². The topological polar surface area (TPSA) is 54.2 Å². The second kappa shape index (κ2) is 9.43. The summed E-state index contributed by atoms with van der Waals surface area (Å²) in [4.78, 5) is 6.88. The molecular formula is C25H27ClN4OS. The minimum Gasteiger partial charge on any atom is -0.351 e. The monoisotopic (exact) mass is 466 g/mol. The SMILES string of the molecule is CC1=C(c2nc(-c3cccc(Cl)c3)no2)C(c2ccc(C)cc2)NC(=S)N1CCC(C)C. The minimum atomic E-state index is -0.175. The van der Waals surface area contributed by atoms with Crippen molar-refractivity contribution in [1.82, 2.24) is 20.4 Å². The van der Waals surface area contributed by atoms with Gasteiger partial charge in [0.15, 0.2) is 5.11 Å². The van der Waals surface area contributed by atoms with Crippen LogP contribution in [0.1, 0.15) is 50.3 Å². The Morgan fingerprint density at radius 3 is 2.59 bits per heavy atom. The first-order valence-electron chi connectivity index (χ1n) is 10.8. The van der Waals surface area contributed by atoms with Crippen molar-refractivity contribution in [2.24, 2.45) is 5.92 Å². The van der Waals surface area contributed by atoms with Crippen LogP contribution in [-0.2, 0) is 0 Å². The normalized spacial score (nSPS) is 16.6. The van der Waals surface area contributed by atoms with E-state index in [4.69, 9.17) is 33.3 Å². The zero-order chi connectivity index (χ0) is 22.8. The maximum atomic E-state index is 6.16. The number of hydrogen-bond acceptors (Lipinski definition) is 4. The lowest BCUT2D eigenvalue weighted by atomic mass is 9.94. The Morgan fingerprint density at radius 1 is 1.16 bits per heavy atom. The molecule has 1 N–H and O–H groups in total. The number of nitrogens with zero attached hydrogens (tertiary/aromatic N) is 3. The molecule has 2 aromatic carbocycles. The van der Waals surface area contributed by atoms with E-state index in [9.17, 15) is 0 Å². The predicted octanol–water partition coefficient (Wildman–Crippen LogP) is 6.41. The molecule has 7 heteroatoms. The Bertz CT molecular complexity index is 1150. The number of thiocarbonyl (C=S) groups is 1. The van der Waals surface area contributed by atoms with Gasteiger partial charge in [0.1, 0.15) is 0 Å². The largest absolute Gasteiger partial charge is 0.351 e. The molecule has 0 aliphatic carbocycles. The summed E-state index contributed by atoms with van der Waals surface area (Å²) >= 11 is 11.9. The van der Waals surface area contributed by atoms with Crippen molar-refractivity contribution < 1.29 is 4.52 Å². The van der Waals surface area contributed by atoms with Crippen molar-refractivity contribution in [1.29, 1.82) is 0 Å². The summed E-state index contributed by atoms with van der Waals surface area (Å²) in [6.45, 7) is 9.41. The maximum Gasteiger partial charge on any atom is 0.258 e. The van der Waals surface area contributed by atoms with Crippen LogP contribution < -0.4 is 5.32 Å². The van der Waals surface area contributed by atoms with E-state index in [1.807, 2.05) is 24.3 Å². The summed E-state index contributed by atoms with van der Waals surface area (Å²) in [5, 5.41) is 9.10. The summed E-state index contributed by atoms with van der Waals surface area (Å²) in [7, 11) is 0. The van der Waals surface area contributed by atoms with Gasteiger partial charge >= 0.3 is 0 Å². The zero-order valence-electron chi connectivity index (χ0n) is 18.7. The number of aryl methyl sites for hydroxylation is 1. The fourth-order valence-corrected chi connectivity index (χ4v) is 4.34. The van der Waals surface area contributed by atoms with E-state index in [1.165, 1.54) is 5.56 Å². The van der Waals surface area contributed by atoms with Crippen molar-refractivity contribution in [3.8, 4) is 11.4 Å². The highest BCUT2D eigenvalue weighted by atomic mass is 35.5. The van der Waals surface area contributed by atoms with Crippen molar-refractivity contribution in [2.45, 2.75) is 40.2 Å². The number of halogens is 1. The molecule has 1 aliphatic heterocycles. The van der Waals surface area contributed by atoms with Gasteiger partial charge in [-0.3, -0.25) is 0 Å². The van der Waals surface area contributed by atoms with Crippen LogP contribution >= 0.6 is 23.8 Å². The van der Waals surface area contributed by atoms with Crippen molar-refractivity contribution in [3.05, 3.63) is 76.3 Å². The molecule has 5 nitrogen and oxygen atoms in total. The van der Waals surface area contributed by atoms with Crippen molar-refractivity contribution in [3.63, 3.8) is 0 Å². The van der Waals surface area contributed by atoms with Gasteiger partial charge in [0, 0.05) is 22.8 Å². The van der Waals surface area contributed by atoms with Crippen LogP contribution in [-0.4, -0.2) is 26.7 Å². The summed E-state index contributed by atoms with van der Waals surface area (Å²) < 4.78 is 5.78. The molecule has 1 unspecified atom stereocenters. The van der Waals surface area contributed by atoms with E-state index < -0.39 is 0 Å². The van der Waals surface area contributed by atoms with Crippen molar-refractivity contribution in [2.75, 3.05) is 6.54 Å². The highest BCUT2D eigenvalue weighted by molar-refractivity contribution is 7.80. The molecule has 0 saturated carbocycles. The third kappa shape index (κ3) is 4.71. The lowest BCUT2D eigenvalue weighted by Gasteiger charge is -2.37. The maximum absolute atomic E-state index is 6.16. The molecular weight excluding hydrogens is 440 g/mol. The Hall–Kier alpha value is -2.70. The molecule has 0 amide bonds. The average Bonchev–Trinajstić information content (AvgIpc) is 3.23. The van der Waals surface area contributed by atoms with Gasteiger partial charge < -0.3 is 14.7 Å². The van der Waals surface area contributed by atoms with Gasteiger partial charge in [-0.15, -0.1) is 0 Å². The number of hydrogen-bond donors (Lipinski definition) is 1. The van der Waals surface area contributed by atoms with Crippen LogP contribution in [0.25, 0.3) is 17.0 Å². The predicted molar refractivity (Wildman–Crippen MR) is 133 cm³/mol. The van der Waals surface area contributed by atoms with E-state index in [2.05, 4.69) is 67.3 Å². The molecule has 0 bridgehead atoms. The first-order valence-corrected chi connectivity index (χ1v) is 11.6. The Balaban J connectivity index is 1.79. The van der Waals surface area contributed by atoms with Crippen molar-refractivity contribution >= 4 is 34.5 Å². The quantitative estimate of drug-likeness (QED) is 0.424. The third-order valence-corrected chi connectivity index (χ3v) is 6.25. The summed E-state index contributed by atoms with van der Waals surface area (Å²) in [6.07, 6.45) is 1.03. The van der Waals surface area contributed by atoms with Gasteiger partial charge in [-0.1, -0.05) is 72.6 Å². The van der Waals surface area contributed by atoms with E-state index >= 15 is 0 Å². The fraction of sp³-hybridized carbons (Fsp3) is 0.320. The first kappa shape index (κ1) is 22.5. The van der Waals surface area contributed by atoms with E-state index in [-0.39, 0.29) is 6.04 Å². The van der Waals surface area contributed by atoms with Crippen LogP contribution in [0.4, 0.5) is 0 Å². The van der Waals surface area contributed by atoms with Crippen LogP contribution in [0.2, 0.25) is 5.02 Å². The molecule has 1 aromatic heterocycles. The van der Waals surface area contributed by atoms with E-state index in [1.54, 1.807) is 0 Å². The molecule has 32 heavy (non-hydrogen) atoms. The Labute approximate surface area is 199 Å². The fourth-order valence-electron chi connectivity index (χ4n) is 3.80. The van der Waals surface area contributed by atoms with Crippen LogP contribution in [0.5, 0.6) is 0 Å². The summed E-state index contributed by atoms with van der Waals surface area (Å²) in [5.74, 6) is 1.56. The standard InChI is InChI=1S/C25H27ClN4OS/c1-15(2)12-13-30-17(4)21(22(27-25(30)32)18-10-8-16(3)9-11-18)24-28-23(29-31-24)19-6-5-7-20(26)14-19/h5-11,14-15,22H,12-13H2,1-4H3,(H,27,32). The molecule has 1 atom stereocenters. The lowest BCUT2D eigenvalue weighted by Crippen LogP contribution is -2.46. The first-order chi connectivity index (χ1) is 15.3. The number of benzene rings is 2. The van der Waals surface area contributed by atoms with Crippen LogP contribution in [0.15, 0.2) is 58.8 Å². The van der Waals surface area contributed by atoms with Gasteiger partial charge in [-0.2, -0.15) is 4.98 Å². The second-order valence-corrected chi connectivity index (χ2v) is 9.38. The number of aromatic nitrogens is 2. The number of allylic oxidation sites excluding steroid dienone is 1. The molecule has 4 rings (SSSR count). The summed E-state index contributed by atoms with van der Waals surface area (Å²) in [5.41, 5.74) is 5.08. The van der Waals surface area contributed by atoms with Crippen LogP contribution in [0.3, 0.4) is 0 Å². The van der Waals surface area contributed by atoms with Gasteiger partial charge in [-0.25, -0.2) is 0 Å². The number of rotatable bonds is 6. The molecule has 1 aliphatic rings. The second-order valence-electron chi connectivity index (χ2n) is 8.56. The highest BCUT2D eigenvalue weighted by Gasteiger charge is 2.34. The molecule has 2 heterocycles. The third-order valence-electron chi connectivity index (χ3n) is 5.68. The zero-order valence-corrected chi connectivity index (χ0v) is 20.3. The Kier molecular flexibility index (Phi) is 6.63. The molecule has 0 radical (unpaired) electrons. The number of nitrogens with one attached hydrogen (secondary N) is 1. The van der Waals surface area contributed by atoms with Gasteiger partial charge in [0.25, 0.3) is 5.89 Å². The smallest absolute Gasteiger partial charge is 0.258 e. The van der Waals surface area contributed by atoms with Gasteiger partial charge in [0.05, 0.1) is 11.6 Å². The molecule has 0 spiro atoms. The summed E-state index contributed by atoms with van der Waals surface area (Å²) in [6, 6.07) is 15.7. The molecule has 0 saturated heterocycles. The van der Waals surface area contributed by atoms with E-state index in [0.29, 0.717) is 27.8 Å². The molecule has 166 valence electrons. The lowest BCUT2D eigenvalue weighted by molar-refractivity contribution is 0.390. The highest BCUT2D eigenvalue weighted by Crippen LogP contribution is 2.37. The molecule has 3 aromatic rings. The van der Waals surface area contributed by atoms with Gasteiger partial charge in [0.2, 0.25) is 5.82 Å². The Morgan fingerprint density at radius 2 is 1.91 bits per heavy atom. The molecule has 0 fully saturated rings.